The molecule has 1 fully saturated rings. The molecule has 0 saturated heterocycles. The molecule has 1 aliphatic rings. The van der Waals surface area contributed by atoms with Gasteiger partial charge in [-0.3, -0.25) is 4.99 Å². The molecule has 1 saturated carbocycles. The van der Waals surface area contributed by atoms with Crippen molar-refractivity contribution >= 4 is 6.21 Å². The highest BCUT2D eigenvalue weighted by atomic mass is 14.8. The first-order valence-corrected chi connectivity index (χ1v) is 8.75. The molecule has 0 spiro atoms. The highest BCUT2D eigenvalue weighted by molar-refractivity contribution is 5.81. The Labute approximate surface area is 133 Å². The highest BCUT2D eigenvalue weighted by Crippen LogP contribution is 2.22. The molecular formula is C19H27N3. The van der Waals surface area contributed by atoms with Gasteiger partial charge in [0.1, 0.15) is 0 Å². The molecule has 2 aromatic rings. The number of rotatable bonds is 4. The standard InChI is InChI=1S/C19H27N3/c1-2-15-13-18(17-11-8-12-20-17)22-19(15)14-21-16-9-6-4-3-5-7-10-16/h8,11-14,16,20,22H,2-7,9-10H2,1H3. The van der Waals surface area contributed by atoms with Crippen molar-refractivity contribution in [3.05, 3.63) is 35.7 Å². The van der Waals surface area contributed by atoms with E-state index in [1.807, 2.05) is 12.3 Å². The predicted molar refractivity (Wildman–Crippen MR) is 93.7 cm³/mol. The van der Waals surface area contributed by atoms with E-state index in [1.54, 1.807) is 0 Å². The summed E-state index contributed by atoms with van der Waals surface area (Å²) < 4.78 is 0. The second-order valence-corrected chi connectivity index (χ2v) is 6.34. The van der Waals surface area contributed by atoms with Crippen LogP contribution in [0.1, 0.15) is 63.1 Å². The smallest absolute Gasteiger partial charge is 0.0627 e. The van der Waals surface area contributed by atoms with Crippen molar-refractivity contribution in [1.29, 1.82) is 0 Å². The van der Waals surface area contributed by atoms with Gasteiger partial charge in [0.25, 0.3) is 0 Å². The van der Waals surface area contributed by atoms with Crippen LogP contribution in [0.4, 0.5) is 0 Å². The number of aromatic amines is 2. The number of hydrogen-bond donors (Lipinski definition) is 2. The summed E-state index contributed by atoms with van der Waals surface area (Å²) in [6.07, 6.45) is 14.4. The molecule has 118 valence electrons. The Hall–Kier alpha value is -1.77. The van der Waals surface area contributed by atoms with E-state index < -0.39 is 0 Å². The van der Waals surface area contributed by atoms with Gasteiger partial charge in [0.15, 0.2) is 0 Å². The third-order valence-corrected chi connectivity index (χ3v) is 4.69. The first-order valence-electron chi connectivity index (χ1n) is 8.75. The maximum absolute atomic E-state index is 4.89. The fraction of sp³-hybridized carbons (Fsp3) is 0.526. The number of aromatic nitrogens is 2. The SMILES string of the molecule is CCc1cc(-c2ccc[nH]2)[nH]c1C=NC1CCCCCCC1. The highest BCUT2D eigenvalue weighted by Gasteiger charge is 2.11. The molecule has 0 radical (unpaired) electrons. The monoisotopic (exact) mass is 297 g/mol. The molecule has 2 N–H and O–H groups in total. The Balaban J connectivity index is 1.74. The van der Waals surface area contributed by atoms with Gasteiger partial charge in [0.05, 0.1) is 23.1 Å². The molecule has 0 amide bonds. The number of aryl methyl sites for hydroxylation is 1. The average molecular weight is 297 g/mol. The number of hydrogen-bond acceptors (Lipinski definition) is 1. The fourth-order valence-corrected chi connectivity index (χ4v) is 3.33. The van der Waals surface area contributed by atoms with Gasteiger partial charge in [-0.15, -0.1) is 0 Å². The maximum atomic E-state index is 4.89. The molecule has 0 aliphatic heterocycles. The maximum Gasteiger partial charge on any atom is 0.0627 e. The van der Waals surface area contributed by atoms with E-state index in [9.17, 15) is 0 Å². The van der Waals surface area contributed by atoms with Crippen LogP contribution < -0.4 is 0 Å². The quantitative estimate of drug-likeness (QED) is 0.737. The predicted octanol–water partition coefficient (Wildman–Crippen LogP) is 5.10. The van der Waals surface area contributed by atoms with Gasteiger partial charge in [-0.05, 0) is 43.0 Å². The molecule has 2 heterocycles. The van der Waals surface area contributed by atoms with Crippen molar-refractivity contribution in [2.24, 2.45) is 4.99 Å². The normalized spacial score (nSPS) is 17.7. The lowest BCUT2D eigenvalue weighted by Crippen LogP contribution is -2.07. The molecule has 3 heteroatoms. The summed E-state index contributed by atoms with van der Waals surface area (Å²) in [5, 5.41) is 0. The molecule has 0 bridgehead atoms. The van der Waals surface area contributed by atoms with Crippen LogP contribution in [0, 0.1) is 0 Å². The van der Waals surface area contributed by atoms with E-state index in [4.69, 9.17) is 4.99 Å². The second-order valence-electron chi connectivity index (χ2n) is 6.34. The van der Waals surface area contributed by atoms with Gasteiger partial charge in [-0.2, -0.15) is 0 Å². The molecule has 0 unspecified atom stereocenters. The number of nitrogens with zero attached hydrogens (tertiary/aromatic N) is 1. The molecule has 0 atom stereocenters. The van der Waals surface area contributed by atoms with E-state index in [1.165, 1.54) is 56.2 Å². The van der Waals surface area contributed by atoms with Crippen molar-refractivity contribution in [2.45, 2.75) is 64.3 Å². The van der Waals surface area contributed by atoms with E-state index in [-0.39, 0.29) is 0 Å². The first-order chi connectivity index (χ1) is 10.9. The van der Waals surface area contributed by atoms with Crippen LogP contribution in [0.15, 0.2) is 29.4 Å². The Bertz CT molecular complexity index is 584. The fourth-order valence-electron chi connectivity index (χ4n) is 3.33. The lowest BCUT2D eigenvalue weighted by Gasteiger charge is -2.15. The third-order valence-electron chi connectivity index (χ3n) is 4.69. The molecule has 2 aromatic heterocycles. The minimum absolute atomic E-state index is 0.516. The Kier molecular flexibility index (Phi) is 5.15. The lowest BCUT2D eigenvalue weighted by atomic mass is 9.97. The summed E-state index contributed by atoms with van der Waals surface area (Å²) in [7, 11) is 0. The number of aliphatic imine (C=N–C) groups is 1. The van der Waals surface area contributed by atoms with Crippen LogP contribution >= 0.6 is 0 Å². The van der Waals surface area contributed by atoms with Gasteiger partial charge >= 0.3 is 0 Å². The second kappa shape index (κ2) is 7.48. The van der Waals surface area contributed by atoms with Gasteiger partial charge in [-0.1, -0.05) is 39.0 Å². The zero-order chi connectivity index (χ0) is 15.2. The molecular weight excluding hydrogens is 270 g/mol. The van der Waals surface area contributed by atoms with Crippen LogP contribution in [0.2, 0.25) is 0 Å². The minimum atomic E-state index is 0.516. The van der Waals surface area contributed by atoms with Crippen LogP contribution in [-0.2, 0) is 6.42 Å². The molecule has 22 heavy (non-hydrogen) atoms. The summed E-state index contributed by atoms with van der Waals surface area (Å²) in [5.74, 6) is 0. The number of H-pyrrole nitrogens is 2. The topological polar surface area (TPSA) is 43.9 Å². The van der Waals surface area contributed by atoms with Crippen molar-refractivity contribution < 1.29 is 0 Å². The molecule has 3 nitrogen and oxygen atoms in total. The Morgan fingerprint density at radius 3 is 2.59 bits per heavy atom. The molecule has 3 rings (SSSR count). The first kappa shape index (κ1) is 15.1. The van der Waals surface area contributed by atoms with Crippen LogP contribution in [0.3, 0.4) is 0 Å². The van der Waals surface area contributed by atoms with Gasteiger partial charge < -0.3 is 9.97 Å². The molecule has 1 aliphatic carbocycles. The van der Waals surface area contributed by atoms with Gasteiger partial charge in [0, 0.05) is 12.4 Å². The summed E-state index contributed by atoms with van der Waals surface area (Å²) in [6.45, 7) is 2.20. The lowest BCUT2D eigenvalue weighted by molar-refractivity contribution is 0.456. The van der Waals surface area contributed by atoms with Crippen LogP contribution in [0.5, 0.6) is 0 Å². The van der Waals surface area contributed by atoms with Gasteiger partial charge in [0.2, 0.25) is 0 Å². The zero-order valence-corrected chi connectivity index (χ0v) is 13.6. The van der Waals surface area contributed by atoms with E-state index in [2.05, 4.69) is 35.2 Å². The molecule has 0 aromatic carbocycles. The van der Waals surface area contributed by atoms with Gasteiger partial charge in [-0.25, -0.2) is 0 Å². The largest absolute Gasteiger partial charge is 0.360 e. The van der Waals surface area contributed by atoms with Crippen molar-refractivity contribution in [2.75, 3.05) is 0 Å². The summed E-state index contributed by atoms with van der Waals surface area (Å²) in [6, 6.07) is 6.89. The number of nitrogens with one attached hydrogen (secondary N) is 2. The average Bonchev–Trinajstić information content (AvgIpc) is 3.15. The van der Waals surface area contributed by atoms with E-state index >= 15 is 0 Å². The van der Waals surface area contributed by atoms with E-state index in [0.29, 0.717) is 6.04 Å². The Morgan fingerprint density at radius 2 is 1.91 bits per heavy atom. The summed E-state index contributed by atoms with van der Waals surface area (Å²) in [5.41, 5.74) is 4.81. The van der Waals surface area contributed by atoms with Crippen molar-refractivity contribution in [3.63, 3.8) is 0 Å². The van der Waals surface area contributed by atoms with Crippen molar-refractivity contribution in [1.82, 2.24) is 9.97 Å². The minimum Gasteiger partial charge on any atom is -0.360 e. The summed E-state index contributed by atoms with van der Waals surface area (Å²) in [4.78, 5) is 11.7. The van der Waals surface area contributed by atoms with Crippen LogP contribution in [-0.4, -0.2) is 22.2 Å². The third kappa shape index (κ3) is 3.70. The Morgan fingerprint density at radius 1 is 1.14 bits per heavy atom. The van der Waals surface area contributed by atoms with E-state index in [0.717, 1.165) is 17.8 Å². The zero-order valence-electron chi connectivity index (χ0n) is 13.6. The van der Waals surface area contributed by atoms with Crippen LogP contribution in [0.25, 0.3) is 11.4 Å². The summed E-state index contributed by atoms with van der Waals surface area (Å²) >= 11 is 0. The van der Waals surface area contributed by atoms with Crippen molar-refractivity contribution in [3.8, 4) is 11.4 Å².